The van der Waals surface area contributed by atoms with Crippen LogP contribution in [0.2, 0.25) is 0 Å². The van der Waals surface area contributed by atoms with Crippen LogP contribution in [0, 0.1) is 11.8 Å². The number of hydrogen-bond acceptors (Lipinski definition) is 7. The molecule has 3 aromatic rings. The Labute approximate surface area is 265 Å². The molecular weight excluding hydrogens is 568 g/mol. The summed E-state index contributed by atoms with van der Waals surface area (Å²) in [5, 5.41) is 3.49. The predicted molar refractivity (Wildman–Crippen MR) is 175 cm³/mol. The average Bonchev–Trinajstić information content (AvgIpc) is 3.29. The lowest BCUT2D eigenvalue weighted by Crippen LogP contribution is -2.56. The monoisotopic (exact) mass is 616 g/mol. The summed E-state index contributed by atoms with van der Waals surface area (Å²) in [6.07, 6.45) is 3.07. The molecule has 1 unspecified atom stereocenters. The van der Waals surface area contributed by atoms with Gasteiger partial charge in [-0.25, -0.2) is 4.79 Å². The van der Waals surface area contributed by atoms with E-state index >= 15 is 0 Å². The molecule has 1 N–H and O–H groups in total. The Kier molecular flexibility index (Phi) is 9.44. The fourth-order valence-electron chi connectivity index (χ4n) is 7.51. The van der Waals surface area contributed by atoms with Gasteiger partial charge in [0.1, 0.15) is 11.8 Å². The number of ether oxygens (including phenoxy) is 1. The minimum Gasteiger partial charge on any atom is -0.497 e. The number of methoxy groups -OCH3 is 1. The van der Waals surface area contributed by atoms with Crippen molar-refractivity contribution < 1.29 is 14.3 Å². The van der Waals surface area contributed by atoms with Gasteiger partial charge < -0.3 is 10.1 Å². The number of nitrogens with one attached hydrogen (secondary N) is 1. The molecule has 4 heterocycles. The largest absolute Gasteiger partial charge is 0.497 e. The quantitative estimate of drug-likeness (QED) is 0.369. The molecule has 45 heavy (non-hydrogen) atoms. The van der Waals surface area contributed by atoms with Crippen molar-refractivity contribution in [1.29, 1.82) is 0 Å². The van der Waals surface area contributed by atoms with Crippen LogP contribution in [-0.2, 0) is 29.7 Å². The normalized spacial score (nSPS) is 22.6. The van der Waals surface area contributed by atoms with E-state index in [9.17, 15) is 14.4 Å². The molecule has 0 bridgehead atoms. The van der Waals surface area contributed by atoms with Crippen molar-refractivity contribution in [3.8, 4) is 5.75 Å². The summed E-state index contributed by atoms with van der Waals surface area (Å²) in [7, 11) is 3.37. The number of hydrogen-bond donors (Lipinski definition) is 1. The molecule has 0 radical (unpaired) electrons. The highest BCUT2D eigenvalue weighted by Crippen LogP contribution is 2.29. The Morgan fingerprint density at radius 1 is 0.911 bits per heavy atom. The summed E-state index contributed by atoms with van der Waals surface area (Å²) in [6.45, 7) is 12.3. The molecule has 0 aliphatic carbocycles. The molecule has 3 aliphatic rings. The van der Waals surface area contributed by atoms with Gasteiger partial charge in [-0.1, -0.05) is 32.0 Å². The van der Waals surface area contributed by atoms with Crippen LogP contribution in [0.1, 0.15) is 56.7 Å². The zero-order chi connectivity index (χ0) is 31.7. The molecule has 3 saturated heterocycles. The third kappa shape index (κ3) is 6.59. The maximum Gasteiger partial charge on any atom is 0.329 e. The number of piperazine rings is 1. The van der Waals surface area contributed by atoms with Crippen LogP contribution in [0.4, 0.5) is 0 Å². The second-order valence-electron chi connectivity index (χ2n) is 13.5. The first-order valence-corrected chi connectivity index (χ1v) is 16.6. The number of piperidine rings is 2. The summed E-state index contributed by atoms with van der Waals surface area (Å²) in [5.74, 6) is 1.54. The highest BCUT2D eigenvalue weighted by molar-refractivity contribution is 6.00. The molecule has 3 aliphatic heterocycles. The Bertz CT molecular complexity index is 1570. The van der Waals surface area contributed by atoms with E-state index in [2.05, 4.69) is 41.1 Å². The summed E-state index contributed by atoms with van der Waals surface area (Å²) < 4.78 is 8.48. The van der Waals surface area contributed by atoms with Crippen LogP contribution in [-0.4, -0.2) is 88.1 Å². The molecule has 0 spiro atoms. The fraction of sp³-hybridized carbons (Fsp3) is 0.571. The number of rotatable bonds is 9. The SMILES string of the molecule is COc1ccc(CN2C(=O)CCC(n3c(=O)n(C)c4cc(CN5CCN(CC6CCNCC6)[C@@H](C(C)C)C5)ccc43)C2=O)cc1. The second kappa shape index (κ2) is 13.5. The number of carbonyl (C=O) groups is 2. The van der Waals surface area contributed by atoms with Crippen molar-refractivity contribution >= 4 is 22.8 Å². The zero-order valence-electron chi connectivity index (χ0n) is 27.2. The van der Waals surface area contributed by atoms with Crippen molar-refractivity contribution in [1.82, 2.24) is 29.2 Å². The number of imide groups is 1. The molecule has 2 atom stereocenters. The number of amides is 2. The topological polar surface area (TPSA) is 92.1 Å². The molecule has 6 rings (SSSR count). The minimum absolute atomic E-state index is 0.171. The predicted octanol–water partition coefficient (Wildman–Crippen LogP) is 3.38. The van der Waals surface area contributed by atoms with Gasteiger partial charge in [0.2, 0.25) is 5.91 Å². The van der Waals surface area contributed by atoms with Gasteiger partial charge in [-0.05, 0) is 79.6 Å². The minimum atomic E-state index is -0.720. The molecular formula is C35H48N6O4. The first-order chi connectivity index (χ1) is 21.7. The van der Waals surface area contributed by atoms with Crippen LogP contribution in [0.3, 0.4) is 0 Å². The molecule has 2 aromatic carbocycles. The van der Waals surface area contributed by atoms with Crippen molar-refractivity contribution in [2.24, 2.45) is 18.9 Å². The third-order valence-electron chi connectivity index (χ3n) is 10.2. The van der Waals surface area contributed by atoms with E-state index in [4.69, 9.17) is 4.74 Å². The summed E-state index contributed by atoms with van der Waals surface area (Å²) >= 11 is 0. The fourth-order valence-corrected chi connectivity index (χ4v) is 7.51. The van der Waals surface area contributed by atoms with Gasteiger partial charge in [0.05, 0.1) is 24.7 Å². The molecule has 242 valence electrons. The van der Waals surface area contributed by atoms with Crippen LogP contribution < -0.4 is 15.7 Å². The van der Waals surface area contributed by atoms with Gasteiger partial charge in [-0.2, -0.15) is 0 Å². The number of nitrogens with zero attached hydrogens (tertiary/aromatic N) is 5. The Morgan fingerprint density at radius 3 is 2.36 bits per heavy atom. The number of likely N-dealkylation sites (tertiary alicyclic amines) is 1. The summed E-state index contributed by atoms with van der Waals surface area (Å²) in [6, 6.07) is 13.3. The van der Waals surface area contributed by atoms with E-state index in [0.29, 0.717) is 24.1 Å². The van der Waals surface area contributed by atoms with E-state index in [1.54, 1.807) is 23.3 Å². The Morgan fingerprint density at radius 2 is 1.64 bits per heavy atom. The van der Waals surface area contributed by atoms with Gasteiger partial charge >= 0.3 is 5.69 Å². The van der Waals surface area contributed by atoms with Gasteiger partial charge in [-0.3, -0.25) is 33.4 Å². The molecule has 1 aromatic heterocycles. The lowest BCUT2D eigenvalue weighted by molar-refractivity contribution is -0.151. The number of aryl methyl sites for hydroxylation is 1. The maximum atomic E-state index is 13.7. The number of aromatic nitrogens is 2. The highest BCUT2D eigenvalue weighted by atomic mass is 16.5. The van der Waals surface area contributed by atoms with Crippen molar-refractivity contribution in [3.05, 3.63) is 64.1 Å². The molecule has 10 heteroatoms. The van der Waals surface area contributed by atoms with E-state index in [0.717, 1.165) is 67.3 Å². The third-order valence-corrected chi connectivity index (χ3v) is 10.2. The molecule has 2 amide bonds. The first kappa shape index (κ1) is 31.5. The van der Waals surface area contributed by atoms with Crippen molar-refractivity contribution in [3.63, 3.8) is 0 Å². The highest BCUT2D eigenvalue weighted by Gasteiger charge is 2.37. The van der Waals surface area contributed by atoms with E-state index in [1.807, 2.05) is 30.3 Å². The van der Waals surface area contributed by atoms with E-state index < -0.39 is 6.04 Å². The molecule has 0 saturated carbocycles. The lowest BCUT2D eigenvalue weighted by Gasteiger charge is -2.45. The summed E-state index contributed by atoms with van der Waals surface area (Å²) in [4.78, 5) is 46.8. The lowest BCUT2D eigenvalue weighted by atomic mass is 9.93. The van der Waals surface area contributed by atoms with Gasteiger partial charge in [0.25, 0.3) is 5.91 Å². The van der Waals surface area contributed by atoms with Crippen LogP contribution in [0.15, 0.2) is 47.3 Å². The summed E-state index contributed by atoms with van der Waals surface area (Å²) in [5.41, 5.74) is 3.31. The standard InChI is InChI=1S/C35H48N6O4/c1-24(2)32-23-38(17-18-39(32)21-26-13-15-36-16-14-26)20-27-7-10-29-31(19-27)37(3)35(44)41(29)30-11-12-33(42)40(34(30)43)22-25-5-8-28(45-4)9-6-25/h5-10,19,24,26,30,32,36H,11-18,20-23H2,1-4H3/t30?,32-/m1/s1. The van der Waals surface area contributed by atoms with Crippen LogP contribution >= 0.6 is 0 Å². The average molecular weight is 617 g/mol. The van der Waals surface area contributed by atoms with Crippen molar-refractivity contribution in [2.45, 2.75) is 64.7 Å². The maximum absolute atomic E-state index is 13.7. The zero-order valence-corrected chi connectivity index (χ0v) is 27.2. The van der Waals surface area contributed by atoms with Crippen LogP contribution in [0.25, 0.3) is 11.0 Å². The van der Waals surface area contributed by atoms with Crippen LogP contribution in [0.5, 0.6) is 5.75 Å². The van der Waals surface area contributed by atoms with E-state index in [1.165, 1.54) is 24.3 Å². The van der Waals surface area contributed by atoms with E-state index in [-0.39, 0.29) is 30.5 Å². The second-order valence-corrected chi connectivity index (χ2v) is 13.5. The molecule has 10 nitrogen and oxygen atoms in total. The Hall–Kier alpha value is -3.47. The Balaban J connectivity index is 1.18. The van der Waals surface area contributed by atoms with Gasteiger partial charge in [0, 0.05) is 52.2 Å². The number of imidazole rings is 1. The van der Waals surface area contributed by atoms with Gasteiger partial charge in [0.15, 0.2) is 0 Å². The number of benzene rings is 2. The first-order valence-electron chi connectivity index (χ1n) is 16.6. The number of carbonyl (C=O) groups excluding carboxylic acids is 2. The number of fused-ring (bicyclic) bond motifs is 1. The smallest absolute Gasteiger partial charge is 0.329 e. The van der Waals surface area contributed by atoms with Crippen molar-refractivity contribution in [2.75, 3.05) is 46.4 Å². The van der Waals surface area contributed by atoms with Gasteiger partial charge in [-0.15, -0.1) is 0 Å². The molecule has 3 fully saturated rings.